The molecule has 8 heteroatoms. The van der Waals surface area contributed by atoms with Crippen LogP contribution in [0.25, 0.3) is 0 Å². The third-order valence-electron chi connectivity index (χ3n) is 7.06. The Labute approximate surface area is 196 Å². The van der Waals surface area contributed by atoms with E-state index in [0.29, 0.717) is 39.0 Å². The van der Waals surface area contributed by atoms with Crippen LogP contribution in [0.3, 0.4) is 0 Å². The summed E-state index contributed by atoms with van der Waals surface area (Å²) in [6, 6.07) is 9.82. The number of ether oxygens (including phenoxy) is 1. The lowest BCUT2D eigenvalue weighted by molar-refractivity contribution is -0.135. The molecule has 8 nitrogen and oxygen atoms in total. The van der Waals surface area contributed by atoms with Gasteiger partial charge in [0.1, 0.15) is 5.54 Å². The van der Waals surface area contributed by atoms with Gasteiger partial charge in [-0.15, -0.1) is 0 Å². The van der Waals surface area contributed by atoms with E-state index in [0.717, 1.165) is 37.4 Å². The van der Waals surface area contributed by atoms with E-state index < -0.39 is 5.54 Å². The molecule has 2 aromatic rings. The van der Waals surface area contributed by atoms with Gasteiger partial charge in [-0.3, -0.25) is 19.3 Å². The molecule has 0 N–H and O–H groups in total. The zero-order valence-corrected chi connectivity index (χ0v) is 20.0. The SMILES string of the molecule is CCn1cc(CN2CCC3(CC2)C(=O)N(CCc2ccccc2)C(=O)N3CCOC)c(C)n1. The van der Waals surface area contributed by atoms with E-state index in [2.05, 4.69) is 23.1 Å². The molecule has 0 atom stereocenters. The van der Waals surface area contributed by atoms with Gasteiger partial charge < -0.3 is 9.64 Å². The topological polar surface area (TPSA) is 70.9 Å². The smallest absolute Gasteiger partial charge is 0.327 e. The van der Waals surface area contributed by atoms with Crippen molar-refractivity contribution in [3.63, 3.8) is 0 Å². The Kier molecular flexibility index (Phi) is 7.14. The number of benzene rings is 1. The van der Waals surface area contributed by atoms with Crippen LogP contribution < -0.4 is 0 Å². The fraction of sp³-hybridized carbons (Fsp3) is 0.560. The summed E-state index contributed by atoms with van der Waals surface area (Å²) in [5.41, 5.74) is 2.64. The number of carbonyl (C=O) groups is 2. The minimum Gasteiger partial charge on any atom is -0.383 e. The van der Waals surface area contributed by atoms with Crippen LogP contribution >= 0.6 is 0 Å². The van der Waals surface area contributed by atoms with Gasteiger partial charge in [-0.05, 0) is 38.7 Å². The van der Waals surface area contributed by atoms with Crippen molar-refractivity contribution in [2.75, 3.05) is 39.9 Å². The molecule has 3 heterocycles. The van der Waals surface area contributed by atoms with E-state index in [1.807, 2.05) is 41.9 Å². The van der Waals surface area contributed by atoms with Crippen molar-refractivity contribution in [2.45, 2.75) is 51.7 Å². The molecule has 0 bridgehead atoms. The Hall–Kier alpha value is -2.71. The standard InChI is InChI=1S/C25H35N5O3/c1-4-28-19-22(20(2)26-28)18-27-14-11-25(12-15-27)23(31)29(24(32)30(25)16-17-33-3)13-10-21-8-6-5-7-9-21/h5-9,19H,4,10-18H2,1-3H3. The Bertz CT molecular complexity index is 966. The number of aryl methyl sites for hydroxylation is 2. The predicted molar refractivity (Wildman–Crippen MR) is 126 cm³/mol. The first-order chi connectivity index (χ1) is 16.0. The van der Waals surface area contributed by atoms with Gasteiger partial charge in [0.2, 0.25) is 0 Å². The number of nitrogens with zero attached hydrogens (tertiary/aromatic N) is 5. The first-order valence-corrected chi connectivity index (χ1v) is 11.9. The summed E-state index contributed by atoms with van der Waals surface area (Å²) in [7, 11) is 1.63. The zero-order chi connectivity index (χ0) is 23.4. The van der Waals surface area contributed by atoms with Gasteiger partial charge in [-0.1, -0.05) is 30.3 Å². The summed E-state index contributed by atoms with van der Waals surface area (Å²) in [5.74, 6) is -0.0471. The first kappa shape index (κ1) is 23.4. The Balaban J connectivity index is 1.46. The Morgan fingerprint density at radius 1 is 1.09 bits per heavy atom. The number of imide groups is 1. The highest BCUT2D eigenvalue weighted by atomic mass is 16.5. The van der Waals surface area contributed by atoms with Crippen LogP contribution in [0.1, 0.15) is 36.6 Å². The summed E-state index contributed by atoms with van der Waals surface area (Å²) in [5, 5.41) is 4.55. The normalized spacial score (nSPS) is 18.6. The van der Waals surface area contributed by atoms with Gasteiger partial charge in [-0.2, -0.15) is 5.10 Å². The Morgan fingerprint density at radius 2 is 1.82 bits per heavy atom. The minimum atomic E-state index is -0.758. The van der Waals surface area contributed by atoms with Crippen LogP contribution in [0.4, 0.5) is 4.79 Å². The molecular weight excluding hydrogens is 418 g/mol. The Morgan fingerprint density at radius 3 is 2.45 bits per heavy atom. The summed E-state index contributed by atoms with van der Waals surface area (Å²) in [6.07, 6.45) is 4.06. The number of rotatable bonds is 9. The highest BCUT2D eigenvalue weighted by molar-refractivity contribution is 6.07. The highest BCUT2D eigenvalue weighted by Gasteiger charge is 2.57. The van der Waals surface area contributed by atoms with Gasteiger partial charge in [0.15, 0.2) is 0 Å². The number of methoxy groups -OCH3 is 1. The molecular formula is C25H35N5O3. The average molecular weight is 454 g/mol. The van der Waals surface area contributed by atoms with E-state index in [1.165, 1.54) is 10.5 Å². The van der Waals surface area contributed by atoms with Crippen molar-refractivity contribution < 1.29 is 14.3 Å². The number of hydrogen-bond donors (Lipinski definition) is 0. The number of carbonyl (C=O) groups excluding carboxylic acids is 2. The number of hydrogen-bond acceptors (Lipinski definition) is 5. The molecule has 1 spiro atoms. The van der Waals surface area contributed by atoms with E-state index >= 15 is 0 Å². The summed E-state index contributed by atoms with van der Waals surface area (Å²) in [4.78, 5) is 32.6. The minimum absolute atomic E-state index is 0.0471. The second-order valence-corrected chi connectivity index (χ2v) is 9.02. The van der Waals surface area contributed by atoms with Crippen LogP contribution in [-0.2, 0) is 29.0 Å². The lowest BCUT2D eigenvalue weighted by atomic mass is 9.85. The monoisotopic (exact) mass is 453 g/mol. The molecule has 1 aromatic carbocycles. The maximum Gasteiger partial charge on any atom is 0.327 e. The van der Waals surface area contributed by atoms with E-state index in [9.17, 15) is 9.59 Å². The molecule has 2 aliphatic heterocycles. The third-order valence-corrected chi connectivity index (χ3v) is 7.06. The molecule has 0 saturated carbocycles. The van der Waals surface area contributed by atoms with Crippen LogP contribution in [-0.4, -0.2) is 81.9 Å². The third kappa shape index (κ3) is 4.68. The summed E-state index contributed by atoms with van der Waals surface area (Å²) in [6.45, 7) is 8.61. The number of likely N-dealkylation sites (tertiary alicyclic amines) is 1. The van der Waals surface area contributed by atoms with Crippen molar-refractivity contribution in [1.29, 1.82) is 0 Å². The van der Waals surface area contributed by atoms with Crippen molar-refractivity contribution in [2.24, 2.45) is 0 Å². The number of urea groups is 1. The molecule has 1 aromatic heterocycles. The van der Waals surface area contributed by atoms with Gasteiger partial charge in [0.25, 0.3) is 5.91 Å². The van der Waals surface area contributed by atoms with Crippen LogP contribution in [0.5, 0.6) is 0 Å². The van der Waals surface area contributed by atoms with Crippen molar-refractivity contribution >= 4 is 11.9 Å². The second-order valence-electron chi connectivity index (χ2n) is 9.02. The lowest BCUT2D eigenvalue weighted by Gasteiger charge is -2.42. The molecule has 0 radical (unpaired) electrons. The maximum absolute atomic E-state index is 13.6. The molecule has 2 fully saturated rings. The zero-order valence-electron chi connectivity index (χ0n) is 20.0. The van der Waals surface area contributed by atoms with Crippen LogP contribution in [0, 0.1) is 6.92 Å². The van der Waals surface area contributed by atoms with Crippen LogP contribution in [0.15, 0.2) is 36.5 Å². The molecule has 4 rings (SSSR count). The first-order valence-electron chi connectivity index (χ1n) is 11.9. The van der Waals surface area contributed by atoms with Crippen molar-refractivity contribution in [3.05, 3.63) is 53.3 Å². The molecule has 2 saturated heterocycles. The summed E-state index contributed by atoms with van der Waals surface area (Å²) < 4.78 is 7.23. The molecule has 3 amide bonds. The molecule has 0 unspecified atom stereocenters. The fourth-order valence-corrected chi connectivity index (χ4v) is 5.04. The van der Waals surface area contributed by atoms with E-state index in [1.54, 1.807) is 12.0 Å². The molecule has 0 aliphatic carbocycles. The number of aromatic nitrogens is 2. The van der Waals surface area contributed by atoms with Crippen molar-refractivity contribution in [1.82, 2.24) is 24.5 Å². The van der Waals surface area contributed by atoms with Gasteiger partial charge in [-0.25, -0.2) is 4.79 Å². The molecule has 178 valence electrons. The number of amides is 3. The van der Waals surface area contributed by atoms with Gasteiger partial charge >= 0.3 is 6.03 Å². The molecule has 2 aliphatic rings. The fourth-order valence-electron chi connectivity index (χ4n) is 5.04. The van der Waals surface area contributed by atoms with Crippen molar-refractivity contribution in [3.8, 4) is 0 Å². The second kappa shape index (κ2) is 10.1. The largest absolute Gasteiger partial charge is 0.383 e. The van der Waals surface area contributed by atoms with E-state index in [-0.39, 0.29) is 11.9 Å². The summed E-state index contributed by atoms with van der Waals surface area (Å²) >= 11 is 0. The lowest BCUT2D eigenvalue weighted by Crippen LogP contribution is -2.57. The van der Waals surface area contributed by atoms with Gasteiger partial charge in [0.05, 0.1) is 12.3 Å². The average Bonchev–Trinajstić information content (AvgIpc) is 3.28. The molecule has 33 heavy (non-hydrogen) atoms. The maximum atomic E-state index is 13.6. The van der Waals surface area contributed by atoms with E-state index in [4.69, 9.17) is 4.74 Å². The number of piperidine rings is 1. The quantitative estimate of drug-likeness (QED) is 0.546. The van der Waals surface area contributed by atoms with Crippen LogP contribution in [0.2, 0.25) is 0 Å². The predicted octanol–water partition coefficient (Wildman–Crippen LogP) is 2.70. The highest BCUT2D eigenvalue weighted by Crippen LogP contribution is 2.37. The van der Waals surface area contributed by atoms with Gasteiger partial charge in [0, 0.05) is 58.1 Å².